The van der Waals surface area contributed by atoms with E-state index in [2.05, 4.69) is 6.58 Å². The van der Waals surface area contributed by atoms with Crippen LogP contribution in [0.2, 0.25) is 0 Å². The number of hydrogen-bond donors (Lipinski definition) is 1. The molecule has 0 fully saturated rings. The first-order chi connectivity index (χ1) is 6.20. The van der Waals surface area contributed by atoms with Gasteiger partial charge in [0.15, 0.2) is 0 Å². The maximum atomic E-state index is 10.6. The van der Waals surface area contributed by atoms with Crippen molar-refractivity contribution in [2.24, 2.45) is 0 Å². The van der Waals surface area contributed by atoms with Gasteiger partial charge in [0.25, 0.3) is 0 Å². The van der Waals surface area contributed by atoms with Gasteiger partial charge in [-0.3, -0.25) is 0 Å². The summed E-state index contributed by atoms with van der Waals surface area (Å²) >= 11 is 0. The lowest BCUT2D eigenvalue weighted by Crippen LogP contribution is -2.09. The molecule has 0 aliphatic carbocycles. The Morgan fingerprint density at radius 1 is 1.62 bits per heavy atom. The van der Waals surface area contributed by atoms with Crippen molar-refractivity contribution >= 4 is 5.97 Å². The van der Waals surface area contributed by atoms with Gasteiger partial charge in [-0.05, 0) is 19.3 Å². The summed E-state index contributed by atoms with van der Waals surface area (Å²) in [5.41, 5.74) is 0. The Labute approximate surface area is 79.4 Å². The summed E-state index contributed by atoms with van der Waals surface area (Å²) in [6.07, 6.45) is 4.08. The molecule has 3 nitrogen and oxygen atoms in total. The molecule has 0 rings (SSSR count). The quantitative estimate of drug-likeness (QED) is 0.373. The van der Waals surface area contributed by atoms with Crippen LogP contribution in [0.25, 0.3) is 0 Å². The van der Waals surface area contributed by atoms with Crippen LogP contribution in [-0.4, -0.2) is 23.8 Å². The maximum Gasteiger partial charge on any atom is 0.330 e. The van der Waals surface area contributed by atoms with Gasteiger partial charge in [-0.2, -0.15) is 0 Å². The monoisotopic (exact) mass is 186 g/mol. The van der Waals surface area contributed by atoms with Crippen molar-refractivity contribution in [3.63, 3.8) is 0 Å². The second-order valence-corrected chi connectivity index (χ2v) is 2.96. The van der Waals surface area contributed by atoms with Crippen LogP contribution in [-0.2, 0) is 9.53 Å². The van der Waals surface area contributed by atoms with Gasteiger partial charge in [-0.25, -0.2) is 4.79 Å². The zero-order valence-corrected chi connectivity index (χ0v) is 8.16. The number of aliphatic hydroxyl groups excluding tert-OH is 1. The first kappa shape index (κ1) is 12.2. The van der Waals surface area contributed by atoms with Gasteiger partial charge >= 0.3 is 5.97 Å². The van der Waals surface area contributed by atoms with Crippen molar-refractivity contribution in [2.75, 3.05) is 6.61 Å². The summed E-state index contributed by atoms with van der Waals surface area (Å²) in [6.45, 7) is 5.68. The highest BCUT2D eigenvalue weighted by Gasteiger charge is 2.02. The SMILES string of the molecule is C=CC(=O)OCCCC(O)CCC. The molecule has 0 aromatic heterocycles. The van der Waals surface area contributed by atoms with Crippen LogP contribution in [0.15, 0.2) is 12.7 Å². The van der Waals surface area contributed by atoms with Gasteiger partial charge in [0.1, 0.15) is 0 Å². The molecule has 0 heterocycles. The fourth-order valence-corrected chi connectivity index (χ4v) is 1.03. The third-order valence-electron chi connectivity index (χ3n) is 1.71. The maximum absolute atomic E-state index is 10.6. The number of esters is 1. The summed E-state index contributed by atoms with van der Waals surface area (Å²) < 4.78 is 4.75. The minimum absolute atomic E-state index is 0.257. The highest BCUT2D eigenvalue weighted by molar-refractivity contribution is 5.81. The molecule has 0 radical (unpaired) electrons. The van der Waals surface area contributed by atoms with Gasteiger partial charge in [-0.15, -0.1) is 0 Å². The van der Waals surface area contributed by atoms with E-state index in [1.54, 1.807) is 0 Å². The minimum Gasteiger partial charge on any atom is -0.463 e. The van der Waals surface area contributed by atoms with Crippen LogP contribution in [0.4, 0.5) is 0 Å². The molecule has 3 heteroatoms. The smallest absolute Gasteiger partial charge is 0.330 e. The second kappa shape index (κ2) is 7.80. The molecule has 1 atom stereocenters. The molecular formula is C10H18O3. The van der Waals surface area contributed by atoms with Crippen LogP contribution in [0.3, 0.4) is 0 Å². The van der Waals surface area contributed by atoms with E-state index in [1.165, 1.54) is 0 Å². The Kier molecular flexibility index (Phi) is 7.30. The van der Waals surface area contributed by atoms with Crippen molar-refractivity contribution in [1.29, 1.82) is 0 Å². The van der Waals surface area contributed by atoms with Crippen molar-refractivity contribution < 1.29 is 14.6 Å². The van der Waals surface area contributed by atoms with Crippen LogP contribution in [0, 0.1) is 0 Å². The van der Waals surface area contributed by atoms with E-state index < -0.39 is 5.97 Å². The standard InChI is InChI=1S/C10H18O3/c1-3-6-9(11)7-5-8-13-10(12)4-2/h4,9,11H,2-3,5-8H2,1H3. The van der Waals surface area contributed by atoms with Crippen molar-refractivity contribution in [3.8, 4) is 0 Å². The van der Waals surface area contributed by atoms with E-state index in [9.17, 15) is 9.90 Å². The summed E-state index contributed by atoms with van der Waals surface area (Å²) in [6, 6.07) is 0. The van der Waals surface area contributed by atoms with Gasteiger partial charge in [0.05, 0.1) is 12.7 Å². The predicted molar refractivity (Wildman–Crippen MR) is 51.3 cm³/mol. The average Bonchev–Trinajstić information content (AvgIpc) is 2.12. The van der Waals surface area contributed by atoms with Crippen LogP contribution in [0.1, 0.15) is 32.6 Å². The Bertz CT molecular complexity index is 154. The summed E-state index contributed by atoms with van der Waals surface area (Å²) in [4.78, 5) is 10.6. The van der Waals surface area contributed by atoms with Crippen molar-refractivity contribution in [2.45, 2.75) is 38.7 Å². The van der Waals surface area contributed by atoms with E-state index in [4.69, 9.17) is 4.74 Å². The molecule has 0 saturated carbocycles. The van der Waals surface area contributed by atoms with Crippen LogP contribution in [0.5, 0.6) is 0 Å². The Balaban J connectivity index is 3.24. The molecule has 13 heavy (non-hydrogen) atoms. The molecule has 1 unspecified atom stereocenters. The Hall–Kier alpha value is -0.830. The molecule has 0 amide bonds. The lowest BCUT2D eigenvalue weighted by Gasteiger charge is -2.08. The predicted octanol–water partition coefficient (Wildman–Crippen LogP) is 1.66. The van der Waals surface area contributed by atoms with Crippen molar-refractivity contribution in [3.05, 3.63) is 12.7 Å². The number of carbonyl (C=O) groups is 1. The molecule has 0 saturated heterocycles. The average molecular weight is 186 g/mol. The summed E-state index contributed by atoms with van der Waals surface area (Å²) in [7, 11) is 0. The van der Waals surface area contributed by atoms with Gasteiger partial charge in [-0.1, -0.05) is 19.9 Å². The molecular weight excluding hydrogens is 168 g/mol. The van der Waals surface area contributed by atoms with E-state index in [-0.39, 0.29) is 6.10 Å². The number of hydrogen-bond acceptors (Lipinski definition) is 3. The molecule has 0 spiro atoms. The lowest BCUT2D eigenvalue weighted by molar-refractivity contribution is -0.138. The summed E-state index contributed by atoms with van der Waals surface area (Å²) in [5, 5.41) is 9.31. The number of carbonyl (C=O) groups excluding carboxylic acids is 1. The van der Waals surface area contributed by atoms with E-state index in [1.807, 2.05) is 6.92 Å². The van der Waals surface area contributed by atoms with Crippen LogP contribution >= 0.6 is 0 Å². The number of ether oxygens (including phenoxy) is 1. The fourth-order valence-electron chi connectivity index (χ4n) is 1.03. The Morgan fingerprint density at radius 3 is 2.85 bits per heavy atom. The molecule has 0 aromatic rings. The normalized spacial score (nSPS) is 12.2. The van der Waals surface area contributed by atoms with Gasteiger partial charge in [0.2, 0.25) is 0 Å². The molecule has 1 N–H and O–H groups in total. The highest BCUT2D eigenvalue weighted by Crippen LogP contribution is 2.04. The first-order valence-corrected chi connectivity index (χ1v) is 4.68. The van der Waals surface area contributed by atoms with E-state index in [0.29, 0.717) is 19.4 Å². The fraction of sp³-hybridized carbons (Fsp3) is 0.700. The first-order valence-electron chi connectivity index (χ1n) is 4.68. The zero-order chi connectivity index (χ0) is 10.1. The van der Waals surface area contributed by atoms with Gasteiger partial charge < -0.3 is 9.84 Å². The highest BCUT2D eigenvalue weighted by atomic mass is 16.5. The lowest BCUT2D eigenvalue weighted by atomic mass is 10.1. The molecule has 76 valence electrons. The Morgan fingerprint density at radius 2 is 2.31 bits per heavy atom. The van der Waals surface area contributed by atoms with E-state index >= 15 is 0 Å². The number of rotatable bonds is 7. The third-order valence-corrected chi connectivity index (χ3v) is 1.71. The molecule has 0 aromatic carbocycles. The van der Waals surface area contributed by atoms with Gasteiger partial charge in [0, 0.05) is 6.08 Å². The molecule has 0 aliphatic heterocycles. The zero-order valence-electron chi connectivity index (χ0n) is 8.16. The molecule has 0 aliphatic rings. The molecule has 0 bridgehead atoms. The van der Waals surface area contributed by atoms with Crippen molar-refractivity contribution in [1.82, 2.24) is 0 Å². The second-order valence-electron chi connectivity index (χ2n) is 2.96. The largest absolute Gasteiger partial charge is 0.463 e. The minimum atomic E-state index is -0.398. The summed E-state index contributed by atoms with van der Waals surface area (Å²) in [5.74, 6) is -0.398. The number of aliphatic hydroxyl groups is 1. The topological polar surface area (TPSA) is 46.5 Å². The van der Waals surface area contributed by atoms with E-state index in [0.717, 1.165) is 18.9 Å². The van der Waals surface area contributed by atoms with Crippen LogP contribution < -0.4 is 0 Å². The third kappa shape index (κ3) is 7.53.